The molecule has 1 atom stereocenters. The molecule has 0 fully saturated rings. The first-order valence-corrected chi connectivity index (χ1v) is 8.62. The minimum atomic E-state index is -0.318. The number of amides is 1. The van der Waals surface area contributed by atoms with Crippen LogP contribution in [0.25, 0.3) is 0 Å². The van der Waals surface area contributed by atoms with Crippen LogP contribution in [0.2, 0.25) is 0 Å². The van der Waals surface area contributed by atoms with Crippen LogP contribution in [-0.4, -0.2) is 21.1 Å². The Morgan fingerprint density at radius 3 is 2.91 bits per heavy atom. The summed E-state index contributed by atoms with van der Waals surface area (Å²) in [7, 11) is 0. The van der Waals surface area contributed by atoms with Crippen molar-refractivity contribution < 1.29 is 4.79 Å². The van der Waals surface area contributed by atoms with Crippen molar-refractivity contribution >= 4 is 17.7 Å². The second-order valence-electron chi connectivity index (χ2n) is 5.61. The first-order valence-electron chi connectivity index (χ1n) is 7.74. The number of hydrogen-bond donors (Lipinski definition) is 2. The smallest absolute Gasteiger partial charge is 0.254 e. The minimum absolute atomic E-state index is 0.0631. The molecule has 1 amide bonds. The predicted molar refractivity (Wildman–Crippen MR) is 90.5 cm³/mol. The van der Waals surface area contributed by atoms with Gasteiger partial charge in [0.15, 0.2) is 5.16 Å². The average molecular weight is 329 g/mol. The van der Waals surface area contributed by atoms with Crippen LogP contribution in [0.4, 0.5) is 0 Å². The number of thioether (sulfide) groups is 1. The van der Waals surface area contributed by atoms with Crippen LogP contribution < -0.4 is 10.9 Å². The van der Waals surface area contributed by atoms with E-state index in [4.69, 9.17) is 0 Å². The fraction of sp³-hybridized carbons (Fsp3) is 0.353. The molecule has 1 unspecified atom stereocenters. The summed E-state index contributed by atoms with van der Waals surface area (Å²) in [6.07, 6.45) is 2.63. The Labute approximate surface area is 138 Å². The highest BCUT2D eigenvalue weighted by Gasteiger charge is 2.20. The molecule has 0 radical (unpaired) electrons. The molecular weight excluding hydrogens is 310 g/mol. The van der Waals surface area contributed by atoms with E-state index < -0.39 is 0 Å². The highest BCUT2D eigenvalue weighted by atomic mass is 32.2. The molecular formula is C17H19N3O2S. The summed E-state index contributed by atoms with van der Waals surface area (Å²) in [6.45, 7) is 2.32. The third-order valence-electron chi connectivity index (χ3n) is 3.89. The monoisotopic (exact) mass is 329 g/mol. The fourth-order valence-corrected chi connectivity index (χ4v) is 3.46. The number of aromatic amines is 1. The van der Waals surface area contributed by atoms with Crippen molar-refractivity contribution in [2.75, 3.05) is 0 Å². The standard InChI is InChI=1S/C17H19N3O2S/c1-11(15(21)18-10-12-6-3-2-4-7-12)23-17-19-14-9-5-8-13(14)16(22)20-17/h2-4,6-7,11H,5,8-10H2,1H3,(H,18,21)(H,19,20,22). The van der Waals surface area contributed by atoms with E-state index in [9.17, 15) is 9.59 Å². The second-order valence-corrected chi connectivity index (χ2v) is 6.94. The summed E-state index contributed by atoms with van der Waals surface area (Å²) in [5.74, 6) is -0.0676. The lowest BCUT2D eigenvalue weighted by Gasteiger charge is -2.12. The maximum Gasteiger partial charge on any atom is 0.254 e. The zero-order valence-corrected chi connectivity index (χ0v) is 13.8. The van der Waals surface area contributed by atoms with Crippen LogP contribution >= 0.6 is 11.8 Å². The highest BCUT2D eigenvalue weighted by molar-refractivity contribution is 8.00. The van der Waals surface area contributed by atoms with Crippen molar-refractivity contribution in [3.63, 3.8) is 0 Å². The molecule has 5 nitrogen and oxygen atoms in total. The molecule has 0 saturated carbocycles. The summed E-state index contributed by atoms with van der Waals surface area (Å²) in [6, 6.07) is 9.77. The van der Waals surface area contributed by atoms with E-state index in [2.05, 4.69) is 15.3 Å². The Balaban J connectivity index is 1.60. The minimum Gasteiger partial charge on any atom is -0.351 e. The molecule has 1 heterocycles. The second kappa shape index (κ2) is 7.00. The number of carbonyl (C=O) groups excluding carboxylic acids is 1. The van der Waals surface area contributed by atoms with Crippen LogP contribution in [0, 0.1) is 0 Å². The van der Waals surface area contributed by atoms with Crippen LogP contribution in [0.3, 0.4) is 0 Å². The molecule has 3 rings (SSSR count). The Hall–Kier alpha value is -2.08. The van der Waals surface area contributed by atoms with E-state index in [0.29, 0.717) is 11.7 Å². The summed E-state index contributed by atoms with van der Waals surface area (Å²) in [4.78, 5) is 31.4. The number of benzene rings is 1. The number of aromatic nitrogens is 2. The third-order valence-corrected chi connectivity index (χ3v) is 4.87. The Bertz CT molecular complexity index is 758. The molecule has 0 saturated heterocycles. The predicted octanol–water partition coefficient (Wildman–Crippen LogP) is 2.06. The van der Waals surface area contributed by atoms with Gasteiger partial charge >= 0.3 is 0 Å². The maximum atomic E-state index is 12.2. The van der Waals surface area contributed by atoms with Crippen molar-refractivity contribution in [1.82, 2.24) is 15.3 Å². The van der Waals surface area contributed by atoms with Crippen molar-refractivity contribution in [3.8, 4) is 0 Å². The fourth-order valence-electron chi connectivity index (χ4n) is 2.62. The average Bonchev–Trinajstić information content (AvgIpc) is 3.02. The highest BCUT2D eigenvalue weighted by Crippen LogP contribution is 2.22. The van der Waals surface area contributed by atoms with E-state index in [-0.39, 0.29) is 16.7 Å². The van der Waals surface area contributed by atoms with E-state index in [1.807, 2.05) is 37.3 Å². The normalized spacial score (nSPS) is 14.3. The summed E-state index contributed by atoms with van der Waals surface area (Å²) < 4.78 is 0. The van der Waals surface area contributed by atoms with Gasteiger partial charge in [-0.05, 0) is 31.7 Å². The molecule has 1 aliphatic rings. The van der Waals surface area contributed by atoms with Crippen molar-refractivity contribution in [1.29, 1.82) is 0 Å². The van der Waals surface area contributed by atoms with E-state index >= 15 is 0 Å². The summed E-state index contributed by atoms with van der Waals surface area (Å²) in [5, 5.41) is 3.11. The van der Waals surface area contributed by atoms with Gasteiger partial charge in [0.2, 0.25) is 5.91 Å². The molecule has 0 bridgehead atoms. The molecule has 2 N–H and O–H groups in total. The number of nitrogens with zero attached hydrogens (tertiary/aromatic N) is 1. The lowest BCUT2D eigenvalue weighted by Crippen LogP contribution is -2.30. The van der Waals surface area contributed by atoms with Gasteiger partial charge in [0, 0.05) is 12.1 Å². The third kappa shape index (κ3) is 3.82. The zero-order valence-electron chi connectivity index (χ0n) is 13.0. The lowest BCUT2D eigenvalue weighted by atomic mass is 10.2. The van der Waals surface area contributed by atoms with Crippen molar-refractivity contribution in [2.24, 2.45) is 0 Å². The SMILES string of the molecule is CC(Sc1nc2c(c(=O)[nH]1)CCC2)C(=O)NCc1ccccc1. The van der Waals surface area contributed by atoms with Gasteiger partial charge in [-0.3, -0.25) is 9.59 Å². The van der Waals surface area contributed by atoms with E-state index in [1.54, 1.807) is 0 Å². The van der Waals surface area contributed by atoms with E-state index in [1.165, 1.54) is 11.8 Å². The number of H-pyrrole nitrogens is 1. The topological polar surface area (TPSA) is 74.8 Å². The molecule has 120 valence electrons. The van der Waals surface area contributed by atoms with Crippen molar-refractivity contribution in [2.45, 2.75) is 43.1 Å². The number of aryl methyl sites for hydroxylation is 1. The molecule has 0 aliphatic heterocycles. The molecule has 2 aromatic rings. The van der Waals surface area contributed by atoms with Crippen LogP contribution in [0.15, 0.2) is 40.3 Å². The first-order chi connectivity index (χ1) is 11.1. The number of nitrogens with one attached hydrogen (secondary N) is 2. The van der Waals surface area contributed by atoms with Gasteiger partial charge in [-0.2, -0.15) is 0 Å². The van der Waals surface area contributed by atoms with Gasteiger partial charge in [0.1, 0.15) is 0 Å². The number of rotatable bonds is 5. The quantitative estimate of drug-likeness (QED) is 0.650. The van der Waals surface area contributed by atoms with Gasteiger partial charge in [-0.25, -0.2) is 4.98 Å². The molecule has 6 heteroatoms. The Morgan fingerprint density at radius 1 is 1.35 bits per heavy atom. The molecule has 0 spiro atoms. The number of fused-ring (bicyclic) bond motifs is 1. The van der Waals surface area contributed by atoms with Gasteiger partial charge in [-0.15, -0.1) is 0 Å². The largest absolute Gasteiger partial charge is 0.351 e. The first kappa shape index (κ1) is 15.8. The van der Waals surface area contributed by atoms with E-state index in [0.717, 1.165) is 36.1 Å². The van der Waals surface area contributed by atoms with Crippen molar-refractivity contribution in [3.05, 3.63) is 57.5 Å². The van der Waals surface area contributed by atoms with Crippen LogP contribution in [-0.2, 0) is 24.2 Å². The van der Waals surface area contributed by atoms with Gasteiger partial charge in [-0.1, -0.05) is 42.1 Å². The maximum absolute atomic E-state index is 12.2. The molecule has 1 aliphatic carbocycles. The van der Waals surface area contributed by atoms with Gasteiger partial charge in [0.05, 0.1) is 10.9 Å². The summed E-state index contributed by atoms with van der Waals surface area (Å²) in [5.41, 5.74) is 2.68. The van der Waals surface area contributed by atoms with Gasteiger partial charge < -0.3 is 10.3 Å². The Morgan fingerprint density at radius 2 is 2.13 bits per heavy atom. The lowest BCUT2D eigenvalue weighted by molar-refractivity contribution is -0.120. The zero-order chi connectivity index (χ0) is 16.2. The van der Waals surface area contributed by atoms with Crippen LogP contribution in [0.5, 0.6) is 0 Å². The molecule has 1 aromatic heterocycles. The Kier molecular flexibility index (Phi) is 4.81. The molecule has 23 heavy (non-hydrogen) atoms. The van der Waals surface area contributed by atoms with Crippen LogP contribution in [0.1, 0.15) is 30.2 Å². The van der Waals surface area contributed by atoms with Gasteiger partial charge in [0.25, 0.3) is 5.56 Å². The number of carbonyl (C=O) groups is 1. The summed E-state index contributed by atoms with van der Waals surface area (Å²) >= 11 is 1.29. The number of hydrogen-bond acceptors (Lipinski definition) is 4. The molecule has 1 aromatic carbocycles.